The summed E-state index contributed by atoms with van der Waals surface area (Å²) in [6.45, 7) is 2.22. The van der Waals surface area contributed by atoms with Crippen molar-refractivity contribution >= 4 is 17.3 Å². The summed E-state index contributed by atoms with van der Waals surface area (Å²) in [7, 11) is 1.61. The summed E-state index contributed by atoms with van der Waals surface area (Å²) in [5.74, 6) is 0.719. The fourth-order valence-electron chi connectivity index (χ4n) is 2.15. The topological polar surface area (TPSA) is 67.6 Å². The van der Waals surface area contributed by atoms with E-state index in [-0.39, 0.29) is 5.91 Å². The van der Waals surface area contributed by atoms with Crippen molar-refractivity contribution in [3.8, 4) is 5.75 Å². The van der Waals surface area contributed by atoms with Crippen LogP contribution in [0, 0.1) is 0 Å². The fraction of sp³-hybridized carbons (Fsp3) is 0.462. The van der Waals surface area contributed by atoms with Crippen LogP contribution in [0.4, 0.5) is 11.4 Å². The van der Waals surface area contributed by atoms with Gasteiger partial charge in [-0.1, -0.05) is 6.07 Å². The molecule has 18 heavy (non-hydrogen) atoms. The number of para-hydroxylation sites is 1. The summed E-state index contributed by atoms with van der Waals surface area (Å²) in [4.78, 5) is 13.9. The maximum absolute atomic E-state index is 11.7. The molecule has 1 aliphatic rings. The first-order chi connectivity index (χ1) is 8.76. The smallest absolute Gasteiger partial charge is 0.226 e. The second kappa shape index (κ2) is 5.73. The summed E-state index contributed by atoms with van der Waals surface area (Å²) in [5, 5.41) is 2.91. The molecule has 0 fully saturated rings. The molecule has 1 aliphatic heterocycles. The van der Waals surface area contributed by atoms with Crippen LogP contribution in [0.3, 0.4) is 0 Å². The number of anilines is 2. The number of carbonyl (C=O) groups excluding carboxylic acids is 1. The van der Waals surface area contributed by atoms with Crippen LogP contribution in [-0.2, 0) is 4.79 Å². The van der Waals surface area contributed by atoms with E-state index in [1.807, 2.05) is 18.2 Å². The van der Waals surface area contributed by atoms with Gasteiger partial charge in [0.25, 0.3) is 0 Å². The molecular weight excluding hydrogens is 230 g/mol. The Morgan fingerprint density at radius 1 is 1.50 bits per heavy atom. The van der Waals surface area contributed by atoms with E-state index >= 15 is 0 Å². The van der Waals surface area contributed by atoms with Crippen LogP contribution in [0.2, 0.25) is 0 Å². The van der Waals surface area contributed by atoms with Gasteiger partial charge in [0.05, 0.1) is 12.8 Å². The Morgan fingerprint density at radius 2 is 2.33 bits per heavy atom. The number of carbonyl (C=O) groups is 1. The van der Waals surface area contributed by atoms with Crippen molar-refractivity contribution in [1.82, 2.24) is 0 Å². The number of hydrogen-bond donors (Lipinski definition) is 2. The lowest BCUT2D eigenvalue weighted by molar-refractivity contribution is -0.115. The Labute approximate surface area is 107 Å². The van der Waals surface area contributed by atoms with Crippen molar-refractivity contribution < 1.29 is 9.53 Å². The van der Waals surface area contributed by atoms with Crippen LogP contribution < -0.4 is 20.7 Å². The van der Waals surface area contributed by atoms with E-state index in [1.54, 1.807) is 7.11 Å². The molecule has 0 unspecified atom stereocenters. The number of rotatable bonds is 4. The molecule has 5 nitrogen and oxygen atoms in total. The van der Waals surface area contributed by atoms with Crippen molar-refractivity contribution in [3.63, 3.8) is 0 Å². The molecule has 0 saturated carbocycles. The second-order valence-electron chi connectivity index (χ2n) is 4.28. The quantitative estimate of drug-likeness (QED) is 0.841. The zero-order valence-corrected chi connectivity index (χ0v) is 10.6. The van der Waals surface area contributed by atoms with Gasteiger partial charge >= 0.3 is 0 Å². The van der Waals surface area contributed by atoms with Gasteiger partial charge in [-0.05, 0) is 25.1 Å². The minimum absolute atomic E-state index is 0.0241. The number of fused-ring (bicyclic) bond motifs is 1. The SMILES string of the molecule is COc1cccc2c1NC(=O)CCN2CCCN. The van der Waals surface area contributed by atoms with E-state index in [2.05, 4.69) is 10.2 Å². The molecule has 0 aliphatic carbocycles. The molecule has 0 bridgehead atoms. The van der Waals surface area contributed by atoms with Gasteiger partial charge in [0.1, 0.15) is 11.4 Å². The molecule has 1 aromatic rings. The number of nitrogens with one attached hydrogen (secondary N) is 1. The maximum atomic E-state index is 11.7. The molecule has 1 heterocycles. The van der Waals surface area contributed by atoms with Gasteiger partial charge in [-0.2, -0.15) is 0 Å². The standard InChI is InChI=1S/C13H19N3O2/c1-18-11-5-2-4-10-13(11)15-12(17)6-9-16(10)8-3-7-14/h2,4-5H,3,6-9,14H2,1H3,(H,15,17). The van der Waals surface area contributed by atoms with Crippen LogP contribution >= 0.6 is 0 Å². The Bertz CT molecular complexity index is 434. The summed E-state index contributed by atoms with van der Waals surface area (Å²) in [5.41, 5.74) is 7.33. The Kier molecular flexibility index (Phi) is 4.04. The van der Waals surface area contributed by atoms with E-state index < -0.39 is 0 Å². The van der Waals surface area contributed by atoms with E-state index in [0.717, 1.165) is 24.3 Å². The average Bonchev–Trinajstić information content (AvgIpc) is 2.55. The van der Waals surface area contributed by atoms with Crippen LogP contribution in [0.25, 0.3) is 0 Å². The predicted molar refractivity (Wildman–Crippen MR) is 72.1 cm³/mol. The maximum Gasteiger partial charge on any atom is 0.226 e. The lowest BCUT2D eigenvalue weighted by atomic mass is 10.2. The lowest BCUT2D eigenvalue weighted by Gasteiger charge is -2.24. The minimum atomic E-state index is 0.0241. The molecule has 98 valence electrons. The molecule has 2 rings (SSSR count). The van der Waals surface area contributed by atoms with Crippen LogP contribution in [0.5, 0.6) is 5.75 Å². The third kappa shape index (κ3) is 2.56. The molecule has 3 N–H and O–H groups in total. The van der Waals surface area contributed by atoms with Crippen LogP contribution in [0.1, 0.15) is 12.8 Å². The fourth-order valence-corrected chi connectivity index (χ4v) is 2.15. The minimum Gasteiger partial charge on any atom is -0.494 e. The first-order valence-electron chi connectivity index (χ1n) is 6.18. The molecular formula is C13H19N3O2. The lowest BCUT2D eigenvalue weighted by Crippen LogP contribution is -2.27. The molecule has 0 saturated heterocycles. The number of methoxy groups -OCH3 is 1. The number of nitrogens with two attached hydrogens (primary N) is 1. The number of benzene rings is 1. The van der Waals surface area contributed by atoms with Gasteiger partial charge in [0.2, 0.25) is 5.91 Å². The molecule has 0 radical (unpaired) electrons. The highest BCUT2D eigenvalue weighted by atomic mass is 16.5. The first-order valence-corrected chi connectivity index (χ1v) is 6.18. The predicted octanol–water partition coefficient (Wildman–Crippen LogP) is 1.19. The number of ether oxygens (including phenoxy) is 1. The highest BCUT2D eigenvalue weighted by Gasteiger charge is 2.21. The second-order valence-corrected chi connectivity index (χ2v) is 4.28. The largest absolute Gasteiger partial charge is 0.494 e. The molecule has 0 spiro atoms. The third-order valence-corrected chi connectivity index (χ3v) is 3.07. The third-order valence-electron chi connectivity index (χ3n) is 3.07. The summed E-state index contributed by atoms with van der Waals surface area (Å²) in [6, 6.07) is 5.79. The number of amides is 1. The van der Waals surface area contributed by atoms with Gasteiger partial charge < -0.3 is 20.7 Å². The number of hydrogen-bond acceptors (Lipinski definition) is 4. The highest BCUT2D eigenvalue weighted by Crippen LogP contribution is 2.36. The number of nitrogens with zero attached hydrogens (tertiary/aromatic N) is 1. The zero-order valence-electron chi connectivity index (χ0n) is 10.6. The van der Waals surface area contributed by atoms with Gasteiger partial charge in [0, 0.05) is 19.5 Å². The van der Waals surface area contributed by atoms with E-state index in [4.69, 9.17) is 10.5 Å². The summed E-state index contributed by atoms with van der Waals surface area (Å²) >= 11 is 0. The monoisotopic (exact) mass is 249 g/mol. The van der Waals surface area contributed by atoms with Gasteiger partial charge in [0.15, 0.2) is 0 Å². The average molecular weight is 249 g/mol. The van der Waals surface area contributed by atoms with Gasteiger partial charge in [-0.3, -0.25) is 4.79 Å². The van der Waals surface area contributed by atoms with Crippen molar-refractivity contribution in [2.75, 3.05) is 37.0 Å². The van der Waals surface area contributed by atoms with Crippen molar-refractivity contribution in [3.05, 3.63) is 18.2 Å². The summed E-state index contributed by atoms with van der Waals surface area (Å²) in [6.07, 6.45) is 1.40. The highest BCUT2D eigenvalue weighted by molar-refractivity contribution is 5.98. The first kappa shape index (κ1) is 12.7. The van der Waals surface area contributed by atoms with Crippen LogP contribution in [0.15, 0.2) is 18.2 Å². The summed E-state index contributed by atoms with van der Waals surface area (Å²) < 4.78 is 5.30. The van der Waals surface area contributed by atoms with E-state index in [0.29, 0.717) is 25.3 Å². The van der Waals surface area contributed by atoms with Crippen molar-refractivity contribution in [1.29, 1.82) is 0 Å². The van der Waals surface area contributed by atoms with Crippen molar-refractivity contribution in [2.45, 2.75) is 12.8 Å². The normalized spacial score (nSPS) is 14.8. The molecule has 1 aromatic carbocycles. The van der Waals surface area contributed by atoms with Gasteiger partial charge in [-0.25, -0.2) is 0 Å². The van der Waals surface area contributed by atoms with Crippen molar-refractivity contribution in [2.24, 2.45) is 5.73 Å². The zero-order chi connectivity index (χ0) is 13.0. The Balaban J connectivity index is 2.35. The molecule has 1 amide bonds. The van der Waals surface area contributed by atoms with Gasteiger partial charge in [-0.15, -0.1) is 0 Å². The Morgan fingerprint density at radius 3 is 3.06 bits per heavy atom. The molecule has 5 heteroatoms. The van der Waals surface area contributed by atoms with Crippen LogP contribution in [-0.4, -0.2) is 32.7 Å². The molecule has 0 aromatic heterocycles. The molecule has 0 atom stereocenters. The Hall–Kier alpha value is -1.75. The van der Waals surface area contributed by atoms with E-state index in [9.17, 15) is 4.79 Å². The van der Waals surface area contributed by atoms with E-state index in [1.165, 1.54) is 0 Å².